The van der Waals surface area contributed by atoms with E-state index in [2.05, 4.69) is 4.98 Å². The number of pyridine rings is 1. The van der Waals surface area contributed by atoms with Gasteiger partial charge in [-0.05, 0) is 33.8 Å². The summed E-state index contributed by atoms with van der Waals surface area (Å²) < 4.78 is 5.46. The van der Waals surface area contributed by atoms with Crippen molar-refractivity contribution >= 4 is 24.2 Å². The number of hydrogen-bond acceptors (Lipinski definition) is 4. The Hall–Kier alpha value is -0.615. The highest BCUT2D eigenvalue weighted by Crippen LogP contribution is 2.25. The molecule has 2 N–H and O–H groups in total. The molecule has 0 aromatic carbocycles. The maximum absolute atomic E-state index is 9.95. The molecule has 0 aliphatic heterocycles. The standard InChI is InChI=1S/C11H17BClNO3/c1-10(2,15)11(3,4)17-12(16)8-5-6-14-7-9(8)13/h5-7,15-16H,1-4H3. The van der Waals surface area contributed by atoms with Gasteiger partial charge in [-0.1, -0.05) is 11.6 Å². The predicted molar refractivity (Wildman–Crippen MR) is 68.3 cm³/mol. The normalized spacial score (nSPS) is 12.6. The van der Waals surface area contributed by atoms with E-state index < -0.39 is 18.3 Å². The molecule has 0 saturated heterocycles. The zero-order valence-electron chi connectivity index (χ0n) is 10.4. The summed E-state index contributed by atoms with van der Waals surface area (Å²) in [6.07, 6.45) is 2.95. The second-order valence-corrected chi connectivity index (χ2v) is 5.34. The van der Waals surface area contributed by atoms with Crippen LogP contribution in [0.4, 0.5) is 0 Å². The zero-order valence-corrected chi connectivity index (χ0v) is 11.2. The fraction of sp³-hybridized carbons (Fsp3) is 0.545. The Balaban J connectivity index is 2.87. The summed E-state index contributed by atoms with van der Waals surface area (Å²) in [5.74, 6) is 0. The average Bonchev–Trinajstić information content (AvgIpc) is 2.15. The van der Waals surface area contributed by atoms with Crippen LogP contribution in [0, 0.1) is 0 Å². The van der Waals surface area contributed by atoms with E-state index >= 15 is 0 Å². The third-order valence-electron chi connectivity index (χ3n) is 2.95. The lowest BCUT2D eigenvalue weighted by Crippen LogP contribution is -2.53. The highest BCUT2D eigenvalue weighted by molar-refractivity contribution is 6.63. The molecule has 1 rings (SSSR count). The molecule has 17 heavy (non-hydrogen) atoms. The zero-order chi connectivity index (χ0) is 13.3. The van der Waals surface area contributed by atoms with Crippen molar-refractivity contribution in [2.75, 3.05) is 0 Å². The fourth-order valence-corrected chi connectivity index (χ4v) is 1.29. The molecule has 0 bridgehead atoms. The second kappa shape index (κ2) is 4.94. The minimum atomic E-state index is -1.20. The molecule has 6 heteroatoms. The minimum Gasteiger partial charge on any atom is -0.423 e. The molecule has 1 heterocycles. The van der Waals surface area contributed by atoms with Gasteiger partial charge in [-0.2, -0.15) is 0 Å². The lowest BCUT2D eigenvalue weighted by atomic mass is 9.77. The van der Waals surface area contributed by atoms with Crippen molar-refractivity contribution in [2.45, 2.75) is 38.9 Å². The number of rotatable bonds is 4. The Morgan fingerprint density at radius 2 is 1.94 bits per heavy atom. The fourth-order valence-electron chi connectivity index (χ4n) is 1.07. The van der Waals surface area contributed by atoms with E-state index in [0.717, 1.165) is 0 Å². The van der Waals surface area contributed by atoms with Gasteiger partial charge in [0.2, 0.25) is 0 Å². The SMILES string of the molecule is CC(C)(O)C(C)(C)OB(O)c1ccncc1Cl. The third-order valence-corrected chi connectivity index (χ3v) is 3.27. The number of nitrogens with zero attached hydrogens (tertiary/aromatic N) is 1. The van der Waals surface area contributed by atoms with Gasteiger partial charge in [0.25, 0.3) is 0 Å². The lowest BCUT2D eigenvalue weighted by molar-refractivity contribution is -0.0982. The number of hydrogen-bond donors (Lipinski definition) is 2. The molecular weight excluding hydrogens is 240 g/mol. The van der Waals surface area contributed by atoms with Crippen molar-refractivity contribution < 1.29 is 14.8 Å². The van der Waals surface area contributed by atoms with E-state index in [-0.39, 0.29) is 0 Å². The molecule has 0 atom stereocenters. The van der Waals surface area contributed by atoms with Gasteiger partial charge >= 0.3 is 7.12 Å². The van der Waals surface area contributed by atoms with Gasteiger partial charge in [0.15, 0.2) is 0 Å². The lowest BCUT2D eigenvalue weighted by Gasteiger charge is -2.38. The molecule has 94 valence electrons. The first-order chi connectivity index (χ1) is 7.65. The number of halogens is 1. The first kappa shape index (κ1) is 14.4. The molecule has 0 amide bonds. The molecule has 0 spiro atoms. The van der Waals surface area contributed by atoms with Gasteiger partial charge in [0.1, 0.15) is 0 Å². The molecule has 1 aromatic heterocycles. The summed E-state index contributed by atoms with van der Waals surface area (Å²) in [6, 6.07) is 1.58. The van der Waals surface area contributed by atoms with E-state index in [1.807, 2.05) is 0 Å². The molecule has 0 radical (unpaired) electrons. The molecule has 0 saturated carbocycles. The highest BCUT2D eigenvalue weighted by atomic mass is 35.5. The number of aliphatic hydroxyl groups is 1. The van der Waals surface area contributed by atoms with Crippen molar-refractivity contribution in [3.63, 3.8) is 0 Å². The van der Waals surface area contributed by atoms with E-state index in [9.17, 15) is 10.1 Å². The summed E-state index contributed by atoms with van der Waals surface area (Å²) in [7, 11) is -1.20. The van der Waals surface area contributed by atoms with Crippen LogP contribution >= 0.6 is 11.6 Å². The van der Waals surface area contributed by atoms with Crippen molar-refractivity contribution in [3.05, 3.63) is 23.5 Å². The van der Waals surface area contributed by atoms with E-state index in [0.29, 0.717) is 10.5 Å². The monoisotopic (exact) mass is 257 g/mol. The van der Waals surface area contributed by atoms with Crippen molar-refractivity contribution in [1.82, 2.24) is 4.98 Å². The topological polar surface area (TPSA) is 62.6 Å². The summed E-state index contributed by atoms with van der Waals surface area (Å²) in [6.45, 7) is 6.64. The van der Waals surface area contributed by atoms with Crippen LogP contribution in [0.25, 0.3) is 0 Å². The smallest absolute Gasteiger partial charge is 0.423 e. The average molecular weight is 258 g/mol. The Morgan fingerprint density at radius 1 is 1.35 bits per heavy atom. The van der Waals surface area contributed by atoms with Crippen LogP contribution in [-0.4, -0.2) is 33.4 Å². The van der Waals surface area contributed by atoms with Crippen LogP contribution < -0.4 is 5.46 Å². The summed E-state index contributed by atoms with van der Waals surface area (Å²) in [5, 5.41) is 20.2. The van der Waals surface area contributed by atoms with Crippen LogP contribution in [0.2, 0.25) is 5.02 Å². The highest BCUT2D eigenvalue weighted by Gasteiger charge is 2.39. The van der Waals surface area contributed by atoms with Crippen LogP contribution in [0.15, 0.2) is 18.5 Å². The van der Waals surface area contributed by atoms with Gasteiger partial charge in [0, 0.05) is 17.9 Å². The van der Waals surface area contributed by atoms with Crippen LogP contribution in [0.3, 0.4) is 0 Å². The Kier molecular flexibility index (Phi) is 4.20. The van der Waals surface area contributed by atoms with Gasteiger partial charge in [-0.25, -0.2) is 0 Å². The largest absolute Gasteiger partial charge is 0.493 e. The first-order valence-corrected chi connectivity index (χ1v) is 5.70. The van der Waals surface area contributed by atoms with E-state index in [4.69, 9.17) is 16.3 Å². The Morgan fingerprint density at radius 3 is 2.41 bits per heavy atom. The molecule has 0 unspecified atom stereocenters. The Labute approximate surface area is 107 Å². The maximum atomic E-state index is 9.95. The van der Waals surface area contributed by atoms with Crippen LogP contribution in [0.5, 0.6) is 0 Å². The predicted octanol–water partition coefficient (Wildman–Crippen LogP) is 0.989. The van der Waals surface area contributed by atoms with Crippen molar-refractivity contribution in [1.29, 1.82) is 0 Å². The van der Waals surface area contributed by atoms with Gasteiger partial charge < -0.3 is 14.8 Å². The second-order valence-electron chi connectivity index (χ2n) is 4.94. The van der Waals surface area contributed by atoms with Gasteiger partial charge in [-0.15, -0.1) is 0 Å². The summed E-state index contributed by atoms with van der Waals surface area (Å²) in [4.78, 5) is 3.82. The molecule has 0 aliphatic rings. The van der Waals surface area contributed by atoms with Crippen LogP contribution in [0.1, 0.15) is 27.7 Å². The molecule has 0 aliphatic carbocycles. The van der Waals surface area contributed by atoms with E-state index in [1.165, 1.54) is 12.4 Å². The molecule has 1 aromatic rings. The first-order valence-electron chi connectivity index (χ1n) is 5.33. The summed E-state index contributed by atoms with van der Waals surface area (Å²) >= 11 is 5.90. The van der Waals surface area contributed by atoms with Crippen molar-refractivity contribution in [2.24, 2.45) is 0 Å². The van der Waals surface area contributed by atoms with Gasteiger partial charge in [-0.3, -0.25) is 4.98 Å². The molecule has 0 fully saturated rings. The molecular formula is C11H17BClNO3. The Bertz CT molecular complexity index is 393. The van der Waals surface area contributed by atoms with E-state index in [1.54, 1.807) is 33.8 Å². The third kappa shape index (κ3) is 3.42. The van der Waals surface area contributed by atoms with Crippen LogP contribution in [-0.2, 0) is 4.65 Å². The minimum absolute atomic E-state index is 0.326. The summed E-state index contributed by atoms with van der Waals surface area (Å²) in [5.41, 5.74) is -1.58. The van der Waals surface area contributed by atoms with Crippen molar-refractivity contribution in [3.8, 4) is 0 Å². The quantitative estimate of drug-likeness (QED) is 0.790. The number of aromatic nitrogens is 1. The maximum Gasteiger partial charge on any atom is 0.493 e. The van der Waals surface area contributed by atoms with Gasteiger partial charge in [0.05, 0.1) is 16.2 Å². The molecule has 4 nitrogen and oxygen atoms in total.